The number of aryl methyl sites for hydroxylation is 1. The van der Waals surface area contributed by atoms with E-state index in [4.69, 9.17) is 14.5 Å². The van der Waals surface area contributed by atoms with E-state index in [-0.39, 0.29) is 6.04 Å². The van der Waals surface area contributed by atoms with Crippen LogP contribution in [0.1, 0.15) is 29.3 Å². The van der Waals surface area contributed by atoms with E-state index in [0.29, 0.717) is 0 Å². The zero-order valence-electron chi connectivity index (χ0n) is 15.3. The van der Waals surface area contributed by atoms with E-state index in [0.717, 1.165) is 49.8 Å². The number of hydrogen-bond acceptors (Lipinski definition) is 5. The molecule has 25 heavy (non-hydrogen) atoms. The molecular formula is C20H27N3O2. The zero-order chi connectivity index (χ0) is 17.6. The third kappa shape index (κ3) is 3.94. The van der Waals surface area contributed by atoms with Crippen molar-refractivity contribution in [2.24, 2.45) is 0 Å². The molecule has 3 rings (SSSR count). The van der Waals surface area contributed by atoms with Gasteiger partial charge in [-0.2, -0.15) is 0 Å². The van der Waals surface area contributed by atoms with Gasteiger partial charge in [-0.05, 0) is 49.2 Å². The van der Waals surface area contributed by atoms with E-state index in [1.54, 1.807) is 14.2 Å². The SMILES string of the molecule is COc1ccc(C(c2ncccc2C)N2CCCNCC2)cc1OC. The first-order valence-electron chi connectivity index (χ1n) is 8.83. The third-order valence-electron chi connectivity index (χ3n) is 4.77. The van der Waals surface area contributed by atoms with Gasteiger partial charge in [0.1, 0.15) is 0 Å². The minimum absolute atomic E-state index is 0.112. The van der Waals surface area contributed by atoms with E-state index < -0.39 is 0 Å². The second-order valence-electron chi connectivity index (χ2n) is 6.36. The fourth-order valence-corrected chi connectivity index (χ4v) is 3.47. The largest absolute Gasteiger partial charge is 0.493 e. The molecule has 2 aromatic rings. The van der Waals surface area contributed by atoms with Gasteiger partial charge >= 0.3 is 0 Å². The summed E-state index contributed by atoms with van der Waals surface area (Å²) in [5.41, 5.74) is 3.50. The monoisotopic (exact) mass is 341 g/mol. The Morgan fingerprint density at radius 3 is 2.68 bits per heavy atom. The van der Waals surface area contributed by atoms with Gasteiger partial charge in [0.25, 0.3) is 0 Å². The lowest BCUT2D eigenvalue weighted by Crippen LogP contribution is -2.34. The lowest BCUT2D eigenvalue weighted by atomic mass is 9.97. The first kappa shape index (κ1) is 17.7. The van der Waals surface area contributed by atoms with E-state index in [1.807, 2.05) is 18.3 Å². The molecule has 0 aliphatic carbocycles. The summed E-state index contributed by atoms with van der Waals surface area (Å²) in [6.45, 7) is 6.23. The molecule has 134 valence electrons. The van der Waals surface area contributed by atoms with Gasteiger partial charge in [-0.3, -0.25) is 9.88 Å². The summed E-state index contributed by atoms with van der Waals surface area (Å²) < 4.78 is 10.9. The second-order valence-corrected chi connectivity index (χ2v) is 6.36. The highest BCUT2D eigenvalue weighted by Crippen LogP contribution is 2.35. The summed E-state index contributed by atoms with van der Waals surface area (Å²) >= 11 is 0. The van der Waals surface area contributed by atoms with Crippen molar-refractivity contribution in [2.75, 3.05) is 40.4 Å². The van der Waals surface area contributed by atoms with Gasteiger partial charge in [0.05, 0.1) is 26.0 Å². The number of aromatic nitrogens is 1. The topological polar surface area (TPSA) is 46.6 Å². The van der Waals surface area contributed by atoms with Gasteiger partial charge in [-0.25, -0.2) is 0 Å². The predicted octanol–water partition coefficient (Wildman–Crippen LogP) is 2.79. The molecule has 2 heterocycles. The van der Waals surface area contributed by atoms with Crippen LogP contribution in [0.4, 0.5) is 0 Å². The molecule has 1 fully saturated rings. The molecule has 1 saturated heterocycles. The molecule has 1 aromatic carbocycles. The van der Waals surface area contributed by atoms with Crippen LogP contribution in [0.3, 0.4) is 0 Å². The summed E-state index contributed by atoms with van der Waals surface area (Å²) in [4.78, 5) is 7.24. The average molecular weight is 341 g/mol. The molecule has 5 nitrogen and oxygen atoms in total. The van der Waals surface area contributed by atoms with Crippen molar-refractivity contribution in [3.05, 3.63) is 53.3 Å². The Morgan fingerprint density at radius 1 is 1.08 bits per heavy atom. The number of benzene rings is 1. The molecular weight excluding hydrogens is 314 g/mol. The van der Waals surface area contributed by atoms with Crippen LogP contribution in [0.25, 0.3) is 0 Å². The Labute approximate surface area is 150 Å². The van der Waals surface area contributed by atoms with Gasteiger partial charge in [0.2, 0.25) is 0 Å². The molecule has 0 spiro atoms. The van der Waals surface area contributed by atoms with Crippen molar-refractivity contribution < 1.29 is 9.47 Å². The van der Waals surface area contributed by atoms with Gasteiger partial charge in [0.15, 0.2) is 11.5 Å². The van der Waals surface area contributed by atoms with Gasteiger partial charge in [0, 0.05) is 25.8 Å². The van der Waals surface area contributed by atoms with Crippen molar-refractivity contribution in [1.29, 1.82) is 0 Å². The van der Waals surface area contributed by atoms with Crippen molar-refractivity contribution in [3.63, 3.8) is 0 Å². The minimum atomic E-state index is 0.112. The van der Waals surface area contributed by atoms with Gasteiger partial charge in [-0.1, -0.05) is 12.1 Å². The minimum Gasteiger partial charge on any atom is -0.493 e. The predicted molar refractivity (Wildman–Crippen MR) is 99.4 cm³/mol. The molecule has 1 aliphatic heterocycles. The average Bonchev–Trinajstić information content (AvgIpc) is 2.92. The summed E-state index contributed by atoms with van der Waals surface area (Å²) in [6.07, 6.45) is 3.02. The van der Waals surface area contributed by atoms with E-state index >= 15 is 0 Å². The maximum Gasteiger partial charge on any atom is 0.161 e. The van der Waals surface area contributed by atoms with Gasteiger partial charge in [-0.15, -0.1) is 0 Å². The molecule has 1 N–H and O–H groups in total. The molecule has 1 aromatic heterocycles. The highest BCUT2D eigenvalue weighted by Gasteiger charge is 2.26. The van der Waals surface area contributed by atoms with Crippen LogP contribution in [0.5, 0.6) is 11.5 Å². The Morgan fingerprint density at radius 2 is 1.92 bits per heavy atom. The molecule has 0 radical (unpaired) electrons. The Kier molecular flexibility index (Phi) is 5.89. The normalized spacial score (nSPS) is 16.9. The first-order chi connectivity index (χ1) is 12.2. The second kappa shape index (κ2) is 8.32. The van der Waals surface area contributed by atoms with Crippen LogP contribution in [-0.2, 0) is 0 Å². The van der Waals surface area contributed by atoms with Crippen molar-refractivity contribution in [3.8, 4) is 11.5 Å². The van der Waals surface area contributed by atoms with Crippen LogP contribution < -0.4 is 14.8 Å². The number of nitrogens with zero attached hydrogens (tertiary/aromatic N) is 2. The number of hydrogen-bond donors (Lipinski definition) is 1. The van der Waals surface area contributed by atoms with Crippen LogP contribution in [0, 0.1) is 6.92 Å². The van der Waals surface area contributed by atoms with E-state index in [1.165, 1.54) is 11.1 Å². The highest BCUT2D eigenvalue weighted by atomic mass is 16.5. The van der Waals surface area contributed by atoms with E-state index in [9.17, 15) is 0 Å². The number of ether oxygens (including phenoxy) is 2. The summed E-state index contributed by atoms with van der Waals surface area (Å²) in [7, 11) is 3.34. The fraction of sp³-hybridized carbons (Fsp3) is 0.450. The van der Waals surface area contributed by atoms with Crippen molar-refractivity contribution in [1.82, 2.24) is 15.2 Å². The molecule has 1 unspecified atom stereocenters. The Hall–Kier alpha value is -2.11. The number of pyridine rings is 1. The fourth-order valence-electron chi connectivity index (χ4n) is 3.47. The van der Waals surface area contributed by atoms with Crippen LogP contribution in [0.15, 0.2) is 36.5 Å². The smallest absolute Gasteiger partial charge is 0.161 e. The Balaban J connectivity index is 2.06. The third-order valence-corrected chi connectivity index (χ3v) is 4.77. The van der Waals surface area contributed by atoms with Crippen molar-refractivity contribution in [2.45, 2.75) is 19.4 Å². The van der Waals surface area contributed by atoms with Crippen LogP contribution in [0.2, 0.25) is 0 Å². The molecule has 1 atom stereocenters. The molecule has 1 aliphatic rings. The molecule has 0 saturated carbocycles. The van der Waals surface area contributed by atoms with Crippen LogP contribution >= 0.6 is 0 Å². The zero-order valence-corrected chi connectivity index (χ0v) is 15.3. The quantitative estimate of drug-likeness (QED) is 0.906. The maximum absolute atomic E-state index is 5.53. The maximum atomic E-state index is 5.53. The summed E-state index contributed by atoms with van der Waals surface area (Å²) in [5, 5.41) is 3.48. The number of nitrogens with one attached hydrogen (secondary N) is 1. The lowest BCUT2D eigenvalue weighted by Gasteiger charge is -2.31. The van der Waals surface area contributed by atoms with Crippen molar-refractivity contribution >= 4 is 0 Å². The first-order valence-corrected chi connectivity index (χ1v) is 8.83. The standard InChI is InChI=1S/C20H27N3O2/c1-15-6-4-10-22-19(15)20(23-12-5-9-21-11-13-23)16-7-8-17(24-2)18(14-16)25-3/h4,6-8,10,14,20-21H,5,9,11-13H2,1-3H3. The highest BCUT2D eigenvalue weighted by molar-refractivity contribution is 5.46. The lowest BCUT2D eigenvalue weighted by molar-refractivity contribution is 0.236. The molecule has 5 heteroatoms. The Bertz CT molecular complexity index is 697. The molecule has 0 bridgehead atoms. The number of methoxy groups -OCH3 is 2. The van der Waals surface area contributed by atoms with Gasteiger partial charge < -0.3 is 14.8 Å². The number of rotatable bonds is 5. The summed E-state index contributed by atoms with van der Waals surface area (Å²) in [6, 6.07) is 10.4. The molecule has 0 amide bonds. The van der Waals surface area contributed by atoms with E-state index in [2.05, 4.69) is 35.3 Å². The summed E-state index contributed by atoms with van der Waals surface area (Å²) in [5.74, 6) is 1.51. The van der Waals surface area contributed by atoms with Crippen LogP contribution in [-0.4, -0.2) is 50.3 Å².